The number of allylic oxidation sites excluding steroid dienone is 2. The van der Waals surface area contributed by atoms with Gasteiger partial charge in [-0.25, -0.2) is 0 Å². The quantitative estimate of drug-likeness (QED) is 0.0717. The van der Waals surface area contributed by atoms with Crippen LogP contribution in [-0.4, -0.2) is 81.4 Å². The Bertz CT molecular complexity index is 1960. The van der Waals surface area contributed by atoms with E-state index in [2.05, 4.69) is 15.5 Å². The highest BCUT2D eigenvalue weighted by Crippen LogP contribution is 2.54. The molecule has 1 amide bonds. The van der Waals surface area contributed by atoms with Crippen LogP contribution in [0.1, 0.15) is 64.4 Å². The van der Waals surface area contributed by atoms with E-state index in [1.54, 1.807) is 39.8 Å². The van der Waals surface area contributed by atoms with Crippen LogP contribution in [0.4, 0.5) is 11.4 Å². The molecule has 0 unspecified atom stereocenters. The van der Waals surface area contributed by atoms with E-state index in [0.717, 1.165) is 0 Å². The number of aromatic hydroxyl groups is 2. The molecule has 0 radical (unpaired) electrons. The summed E-state index contributed by atoms with van der Waals surface area (Å²) in [6.45, 7) is 12.4. The molecule has 5 bridgehead atoms. The fourth-order valence-electron chi connectivity index (χ4n) is 6.84. The molecular formula is C38H49N5O11. The fourth-order valence-corrected chi connectivity index (χ4v) is 6.84. The van der Waals surface area contributed by atoms with E-state index in [0.29, 0.717) is 0 Å². The van der Waals surface area contributed by atoms with Gasteiger partial charge in [0.05, 0.1) is 46.9 Å². The molecule has 0 saturated heterocycles. The summed E-state index contributed by atoms with van der Waals surface area (Å²) in [5.41, 5.74) is 5.21. The minimum atomic E-state index is -2.02. The van der Waals surface area contributed by atoms with Crippen molar-refractivity contribution in [1.29, 1.82) is 5.41 Å². The van der Waals surface area contributed by atoms with Crippen LogP contribution < -0.4 is 15.8 Å². The molecule has 16 heteroatoms. The van der Waals surface area contributed by atoms with Crippen molar-refractivity contribution in [2.75, 3.05) is 12.4 Å². The molecule has 3 aliphatic rings. The third kappa shape index (κ3) is 8.10. The SMILES string of the molecule is CO[C@H]1/C=C/O[C@@]2(C)Oc3c(C)c(O)c4c(O)c(cc(N=NC(=N)N)c4c3C2=O)NC(=O)/C(C)=C\C=C\[C@H](C)[C@H](O)[C@@H](C)[C@@H](O)[C@@H](C)[C@H](OC(C)=O)[C@@H]1C. The van der Waals surface area contributed by atoms with E-state index < -0.39 is 89.0 Å². The number of fused-ring (bicyclic) bond motifs is 14. The summed E-state index contributed by atoms with van der Waals surface area (Å²) in [7, 11) is 1.43. The number of azo groups is 1. The average molecular weight is 752 g/mol. The lowest BCUT2D eigenvalue weighted by Crippen LogP contribution is -2.46. The molecular weight excluding hydrogens is 702 g/mol. The number of carbonyl (C=O) groups is 3. The van der Waals surface area contributed by atoms with Crippen LogP contribution in [0, 0.1) is 36.0 Å². The van der Waals surface area contributed by atoms with E-state index in [9.17, 15) is 34.8 Å². The number of aliphatic hydroxyl groups excluding tert-OH is 2. The molecule has 0 saturated carbocycles. The number of ketones is 1. The summed E-state index contributed by atoms with van der Waals surface area (Å²) >= 11 is 0. The monoisotopic (exact) mass is 751 g/mol. The van der Waals surface area contributed by atoms with E-state index >= 15 is 0 Å². The topological polar surface area (TPSA) is 256 Å². The van der Waals surface area contributed by atoms with Crippen LogP contribution in [0.2, 0.25) is 0 Å². The zero-order valence-electron chi connectivity index (χ0n) is 31.7. The zero-order chi connectivity index (χ0) is 40.4. The number of methoxy groups -OCH3 is 1. The van der Waals surface area contributed by atoms with Crippen LogP contribution in [0.5, 0.6) is 17.2 Å². The van der Waals surface area contributed by atoms with Gasteiger partial charge in [0.15, 0.2) is 5.75 Å². The van der Waals surface area contributed by atoms with E-state index in [-0.39, 0.29) is 44.6 Å². The molecule has 2 aromatic carbocycles. The van der Waals surface area contributed by atoms with Crippen LogP contribution in [0.25, 0.3) is 10.8 Å². The second-order valence-corrected chi connectivity index (χ2v) is 14.0. The van der Waals surface area contributed by atoms with Gasteiger partial charge in [-0.05, 0) is 26.0 Å². The molecule has 2 aromatic rings. The lowest BCUT2D eigenvalue weighted by molar-refractivity contribution is -0.160. The molecule has 9 atom stereocenters. The van der Waals surface area contributed by atoms with E-state index in [1.807, 2.05) is 0 Å². The largest absolute Gasteiger partial charge is 0.507 e. The molecule has 0 fully saturated rings. The first-order valence-electron chi connectivity index (χ1n) is 17.4. The number of nitrogens with one attached hydrogen (secondary N) is 2. The van der Waals surface area contributed by atoms with Crippen molar-refractivity contribution >= 4 is 45.8 Å². The van der Waals surface area contributed by atoms with Crippen LogP contribution in [0.3, 0.4) is 0 Å². The Morgan fingerprint density at radius 2 is 1.69 bits per heavy atom. The number of hydrogen-bond donors (Lipinski definition) is 7. The maximum atomic E-state index is 14.2. The van der Waals surface area contributed by atoms with Gasteiger partial charge in [-0.2, -0.15) is 0 Å². The highest BCUT2D eigenvalue weighted by Gasteiger charge is 2.49. The van der Waals surface area contributed by atoms with Crippen LogP contribution in [-0.2, 0) is 23.8 Å². The number of nitrogens with two attached hydrogens (primary N) is 1. The minimum Gasteiger partial charge on any atom is -0.507 e. The Hall–Kier alpha value is -5.32. The second kappa shape index (κ2) is 16.4. The van der Waals surface area contributed by atoms with Crippen molar-refractivity contribution in [3.8, 4) is 17.2 Å². The average Bonchev–Trinajstić information content (AvgIpc) is 3.38. The van der Waals surface area contributed by atoms with Gasteiger partial charge >= 0.3 is 11.8 Å². The van der Waals surface area contributed by atoms with Crippen LogP contribution >= 0.6 is 0 Å². The molecule has 0 spiro atoms. The third-order valence-corrected chi connectivity index (χ3v) is 10.1. The summed E-state index contributed by atoms with van der Waals surface area (Å²) in [5, 5.41) is 63.0. The number of guanidine groups is 1. The molecule has 292 valence electrons. The van der Waals surface area contributed by atoms with Gasteiger partial charge in [-0.15, -0.1) is 10.2 Å². The molecule has 8 N–H and O–H groups in total. The van der Waals surface area contributed by atoms with Crippen molar-refractivity contribution in [2.24, 2.45) is 39.6 Å². The lowest BCUT2D eigenvalue weighted by atomic mass is 9.78. The molecule has 0 aliphatic carbocycles. The van der Waals surface area contributed by atoms with Crippen molar-refractivity contribution in [2.45, 2.75) is 85.6 Å². The van der Waals surface area contributed by atoms with Crippen molar-refractivity contribution in [3.63, 3.8) is 0 Å². The fraction of sp³-hybridized carbons (Fsp3) is 0.474. The number of ether oxygens (including phenoxy) is 4. The number of rotatable bonds is 3. The first-order chi connectivity index (χ1) is 25.2. The number of phenols is 2. The molecule has 3 aliphatic heterocycles. The number of nitrogens with zero attached hydrogens (tertiary/aromatic N) is 2. The third-order valence-electron chi connectivity index (χ3n) is 10.1. The lowest BCUT2D eigenvalue weighted by Gasteiger charge is -2.38. The summed E-state index contributed by atoms with van der Waals surface area (Å²) in [6, 6.07) is 1.21. The predicted octanol–water partition coefficient (Wildman–Crippen LogP) is 5.03. The van der Waals surface area contributed by atoms with E-state index in [4.69, 9.17) is 30.1 Å². The summed E-state index contributed by atoms with van der Waals surface area (Å²) < 4.78 is 23.4. The number of hydrogen-bond acceptors (Lipinski definition) is 13. The molecule has 16 nitrogen and oxygen atoms in total. The number of esters is 1. The van der Waals surface area contributed by atoms with Gasteiger partial charge in [0.2, 0.25) is 5.96 Å². The molecule has 0 aromatic heterocycles. The van der Waals surface area contributed by atoms with Crippen LogP contribution in [0.15, 0.2) is 52.4 Å². The Labute approximate surface area is 312 Å². The Morgan fingerprint density at radius 1 is 1.02 bits per heavy atom. The highest BCUT2D eigenvalue weighted by atomic mass is 16.7. The van der Waals surface area contributed by atoms with Gasteiger partial charge in [0.1, 0.15) is 17.6 Å². The van der Waals surface area contributed by atoms with Gasteiger partial charge < -0.3 is 50.4 Å². The number of carbonyl (C=O) groups excluding carboxylic acids is 3. The minimum absolute atomic E-state index is 0.0628. The number of Topliss-reactive ketones (excluding diaryl/α,β-unsaturated/α-hetero) is 1. The van der Waals surface area contributed by atoms with Gasteiger partial charge in [0.25, 0.3) is 11.7 Å². The number of anilines is 1. The van der Waals surface area contributed by atoms with E-state index in [1.165, 1.54) is 59.3 Å². The summed E-state index contributed by atoms with van der Waals surface area (Å²) in [4.78, 5) is 39.8. The number of aliphatic hydroxyl groups is 2. The van der Waals surface area contributed by atoms with Crippen molar-refractivity contribution < 1.29 is 53.8 Å². The highest BCUT2D eigenvalue weighted by molar-refractivity contribution is 6.22. The first kappa shape index (κ1) is 41.4. The maximum Gasteiger partial charge on any atom is 0.312 e. The normalized spacial score (nSPS) is 31.7. The standard InChI is InChI=1S/C38H49N5O11/c1-16-11-10-12-17(2)36(50)41-24-15-23(42-43-37(39)40)26-27(32(24)48)31(47)21(6)34-28(26)35(49)38(8,54-34)52-14-13-25(51-9)18(3)33(53-22(7)44)20(5)30(46)19(4)29(16)45/h10-16,18-20,25,29-30,33,45-48H,1-9H3,(H3,39,40)(H,41,50)/b11-10+,14-13+,17-12-,43-42?/t16-,18+,19+,20+,25-,29-,30+,33+,38-/m0/s1. The van der Waals surface area contributed by atoms with Gasteiger partial charge in [-0.3, -0.25) is 19.8 Å². The summed E-state index contributed by atoms with van der Waals surface area (Å²) in [5.74, 6) is -8.31. The second-order valence-electron chi connectivity index (χ2n) is 14.0. The number of benzene rings is 2. The molecule has 3 heterocycles. The van der Waals surface area contributed by atoms with Crippen molar-refractivity contribution in [3.05, 3.63) is 53.3 Å². The molecule has 5 rings (SSSR count). The van der Waals surface area contributed by atoms with Crippen molar-refractivity contribution in [1.82, 2.24) is 0 Å². The predicted molar refractivity (Wildman–Crippen MR) is 199 cm³/mol. The first-order valence-corrected chi connectivity index (χ1v) is 17.4. The maximum absolute atomic E-state index is 14.2. The number of amides is 1. The zero-order valence-corrected chi connectivity index (χ0v) is 31.7. The Morgan fingerprint density at radius 3 is 2.30 bits per heavy atom. The summed E-state index contributed by atoms with van der Waals surface area (Å²) in [6.07, 6.45) is 3.52. The Kier molecular flexibility index (Phi) is 12.6. The number of phenolic OH excluding ortho intramolecular Hbond substituents is 2. The molecule has 54 heavy (non-hydrogen) atoms. The van der Waals surface area contributed by atoms with Gasteiger partial charge in [0, 0.05) is 61.2 Å². The smallest absolute Gasteiger partial charge is 0.312 e. The Balaban J connectivity index is 1.95. The van der Waals surface area contributed by atoms with Gasteiger partial charge in [-0.1, -0.05) is 45.9 Å².